The molecule has 0 aliphatic carbocycles. The van der Waals surface area contributed by atoms with Crippen LogP contribution in [0.15, 0.2) is 0 Å². The molecule has 0 aromatic rings. The fraction of sp³-hybridized carbons (Fsp3) is 0.833. The molecule has 1 aliphatic rings. The van der Waals surface area contributed by atoms with Gasteiger partial charge in [-0.3, -0.25) is 13.9 Å². The van der Waals surface area contributed by atoms with E-state index >= 15 is 0 Å². The van der Waals surface area contributed by atoms with E-state index < -0.39 is 22.5 Å². The number of nitrogens with zero attached hydrogens (tertiary/aromatic N) is 1. The quantitative estimate of drug-likeness (QED) is 0.574. The van der Waals surface area contributed by atoms with Crippen molar-refractivity contribution in [1.29, 1.82) is 0 Å². The molecule has 1 rings (SSSR count). The summed E-state index contributed by atoms with van der Waals surface area (Å²) >= 11 is -2.29. The highest BCUT2D eigenvalue weighted by atomic mass is 32.2. The number of rotatable bonds is 3. The van der Waals surface area contributed by atoms with Crippen molar-refractivity contribution in [2.24, 2.45) is 0 Å². The van der Waals surface area contributed by atoms with E-state index in [0.29, 0.717) is 6.54 Å². The predicted octanol–water partition coefficient (Wildman–Crippen LogP) is -1.39. The summed E-state index contributed by atoms with van der Waals surface area (Å²) in [7, 11) is 0. The largest absolute Gasteiger partial charge is 0.770 e. The number of ether oxygens (including phenoxy) is 1. The van der Waals surface area contributed by atoms with Crippen LogP contribution in [0.2, 0.25) is 0 Å². The summed E-state index contributed by atoms with van der Waals surface area (Å²) in [5.41, 5.74) is -0.895. The number of hydrogen-bond donors (Lipinski definition) is 1. The van der Waals surface area contributed by atoms with E-state index in [9.17, 15) is 13.6 Å². The van der Waals surface area contributed by atoms with Crippen LogP contribution in [0, 0.1) is 0 Å². The Hall–Kier alpha value is -0.500. The third kappa shape index (κ3) is 3.39. The van der Waals surface area contributed by atoms with E-state index in [2.05, 4.69) is 0 Å². The number of morpholine rings is 1. The Bertz CT molecular complexity index is 221. The van der Waals surface area contributed by atoms with Crippen molar-refractivity contribution in [3.63, 3.8) is 0 Å². The first kappa shape index (κ1) is 10.6. The average Bonchev–Trinajstić information content (AvgIpc) is 2.03. The second-order valence-electron chi connectivity index (χ2n) is 2.69. The minimum absolute atomic E-state index is 0.127. The van der Waals surface area contributed by atoms with Crippen LogP contribution in [0.5, 0.6) is 0 Å². The maximum atomic E-state index is 10.5. The molecule has 6 nitrogen and oxygen atoms in total. The molecule has 1 saturated heterocycles. The third-order valence-electron chi connectivity index (χ3n) is 1.69. The van der Waals surface area contributed by atoms with Gasteiger partial charge in [0.05, 0.1) is 13.2 Å². The minimum Gasteiger partial charge on any atom is -0.770 e. The van der Waals surface area contributed by atoms with Gasteiger partial charge in [0.2, 0.25) is 0 Å². The summed E-state index contributed by atoms with van der Waals surface area (Å²) in [5, 5.41) is 8.45. The Balaban J connectivity index is 2.41. The van der Waals surface area contributed by atoms with Crippen LogP contribution < -0.4 is 0 Å². The fourth-order valence-corrected chi connectivity index (χ4v) is 1.66. The maximum absolute atomic E-state index is 10.5. The van der Waals surface area contributed by atoms with E-state index in [1.165, 1.54) is 4.90 Å². The summed E-state index contributed by atoms with van der Waals surface area (Å²) in [6.07, 6.45) is 0. The van der Waals surface area contributed by atoms with Gasteiger partial charge < -0.3 is 14.4 Å². The molecule has 0 aromatic heterocycles. The number of carbonyl (C=O) groups is 1. The van der Waals surface area contributed by atoms with Crippen molar-refractivity contribution in [2.75, 3.05) is 26.2 Å². The summed E-state index contributed by atoms with van der Waals surface area (Å²) in [6.45, 7) is 0.700. The molecule has 0 bridgehead atoms. The van der Waals surface area contributed by atoms with Gasteiger partial charge >= 0.3 is 5.97 Å². The van der Waals surface area contributed by atoms with Gasteiger partial charge in [0.15, 0.2) is 0 Å². The molecule has 0 aromatic carbocycles. The van der Waals surface area contributed by atoms with Crippen molar-refractivity contribution in [1.82, 2.24) is 4.90 Å². The fourth-order valence-electron chi connectivity index (χ4n) is 1.12. The Morgan fingerprint density at radius 3 is 3.00 bits per heavy atom. The summed E-state index contributed by atoms with van der Waals surface area (Å²) in [6, 6.07) is 0. The van der Waals surface area contributed by atoms with Crippen LogP contribution in [-0.4, -0.2) is 56.4 Å². The van der Waals surface area contributed by atoms with Crippen LogP contribution in [-0.2, 0) is 20.6 Å². The highest BCUT2D eigenvalue weighted by Crippen LogP contribution is 2.06. The van der Waals surface area contributed by atoms with Gasteiger partial charge in [-0.2, -0.15) is 0 Å². The molecule has 0 spiro atoms. The van der Waals surface area contributed by atoms with E-state index in [1.54, 1.807) is 0 Å². The van der Waals surface area contributed by atoms with Crippen LogP contribution >= 0.6 is 0 Å². The Morgan fingerprint density at radius 1 is 1.77 bits per heavy atom. The lowest BCUT2D eigenvalue weighted by Crippen LogP contribution is -2.46. The average molecular weight is 208 g/mol. The van der Waals surface area contributed by atoms with Crippen LogP contribution in [0.3, 0.4) is 0 Å². The van der Waals surface area contributed by atoms with Gasteiger partial charge in [-0.25, -0.2) is 0 Å². The zero-order valence-electron chi connectivity index (χ0n) is 6.84. The molecule has 0 amide bonds. The third-order valence-corrected chi connectivity index (χ3v) is 2.41. The molecule has 1 aliphatic heterocycles. The van der Waals surface area contributed by atoms with E-state index in [4.69, 9.17) is 9.84 Å². The van der Waals surface area contributed by atoms with Crippen molar-refractivity contribution in [3.05, 3.63) is 0 Å². The topological polar surface area (TPSA) is 89.9 Å². The lowest BCUT2D eigenvalue weighted by molar-refractivity contribution is -0.139. The van der Waals surface area contributed by atoms with Crippen LogP contribution in [0.25, 0.3) is 0 Å². The number of aliphatic carboxylic acids is 1. The molecule has 2 atom stereocenters. The first-order valence-electron chi connectivity index (χ1n) is 3.73. The Kier molecular flexibility index (Phi) is 3.79. The molecule has 0 saturated carbocycles. The second kappa shape index (κ2) is 4.66. The van der Waals surface area contributed by atoms with E-state index in [1.807, 2.05) is 0 Å². The Labute approximate surface area is 77.8 Å². The lowest BCUT2D eigenvalue weighted by atomic mass is 10.4. The molecule has 13 heavy (non-hydrogen) atoms. The molecular weight excluding hydrogens is 198 g/mol. The molecule has 7 heteroatoms. The highest BCUT2D eigenvalue weighted by Gasteiger charge is 2.22. The van der Waals surface area contributed by atoms with Gasteiger partial charge in [0.25, 0.3) is 0 Å². The lowest BCUT2D eigenvalue weighted by Gasteiger charge is -2.32. The number of hydrogen-bond acceptors (Lipinski definition) is 5. The second-order valence-corrected chi connectivity index (χ2v) is 3.74. The summed E-state index contributed by atoms with van der Waals surface area (Å²) in [4.78, 5) is 11.8. The summed E-state index contributed by atoms with van der Waals surface area (Å²) < 4.78 is 25.9. The molecule has 0 radical (unpaired) electrons. The van der Waals surface area contributed by atoms with Crippen molar-refractivity contribution in [3.8, 4) is 0 Å². The zero-order valence-corrected chi connectivity index (χ0v) is 7.66. The highest BCUT2D eigenvalue weighted by molar-refractivity contribution is 7.79. The molecule has 76 valence electrons. The standard InChI is InChI=1S/C6H11NO5S/c8-5(9)3-7-1-2-12-6(4-7)13(10)11/h6H,1-4H2,(H,8,9)(H,10,11)/p-1/t6-/m1/s1. The first-order chi connectivity index (χ1) is 6.09. The number of carboxylic acids is 1. The van der Waals surface area contributed by atoms with Crippen molar-refractivity contribution >= 4 is 17.0 Å². The smallest absolute Gasteiger partial charge is 0.317 e. The molecule has 1 fully saturated rings. The van der Waals surface area contributed by atoms with Gasteiger partial charge in [-0.05, 0) is 11.1 Å². The maximum Gasteiger partial charge on any atom is 0.317 e. The Morgan fingerprint density at radius 2 is 2.46 bits per heavy atom. The summed E-state index contributed by atoms with van der Waals surface area (Å²) in [5.74, 6) is -0.961. The van der Waals surface area contributed by atoms with Crippen LogP contribution in [0.4, 0.5) is 0 Å². The number of carboxylic acid groups (broad SMARTS) is 1. The molecule has 1 unspecified atom stereocenters. The van der Waals surface area contributed by atoms with Crippen molar-refractivity contribution in [2.45, 2.75) is 5.44 Å². The monoisotopic (exact) mass is 208 g/mol. The van der Waals surface area contributed by atoms with Crippen LogP contribution in [0.1, 0.15) is 0 Å². The van der Waals surface area contributed by atoms with E-state index in [-0.39, 0.29) is 19.7 Å². The minimum atomic E-state index is -2.29. The van der Waals surface area contributed by atoms with Gasteiger partial charge in [0.1, 0.15) is 5.44 Å². The van der Waals surface area contributed by atoms with Crippen molar-refractivity contribution < 1.29 is 23.4 Å². The SMILES string of the molecule is O=C(O)CN1CCO[C@H](S(=O)[O-])C1. The first-order valence-corrected chi connectivity index (χ1v) is 4.87. The molecular formula is C6H10NO5S-. The molecule has 1 heterocycles. The normalized spacial score (nSPS) is 27.0. The van der Waals surface area contributed by atoms with Gasteiger partial charge in [0, 0.05) is 13.1 Å². The predicted molar refractivity (Wildman–Crippen MR) is 42.7 cm³/mol. The van der Waals surface area contributed by atoms with Gasteiger partial charge in [-0.15, -0.1) is 0 Å². The van der Waals surface area contributed by atoms with E-state index in [0.717, 1.165) is 0 Å². The van der Waals surface area contributed by atoms with Gasteiger partial charge in [-0.1, -0.05) is 0 Å². The zero-order chi connectivity index (χ0) is 9.84. The molecule has 1 N–H and O–H groups in total.